The zero-order valence-electron chi connectivity index (χ0n) is 22.1. The number of aromatic nitrogens is 3. The molecule has 1 amide bonds. The van der Waals surface area contributed by atoms with Gasteiger partial charge in [-0.25, -0.2) is 17.9 Å². The van der Waals surface area contributed by atoms with E-state index in [2.05, 4.69) is 10.3 Å². The second-order valence-electron chi connectivity index (χ2n) is 10.7. The van der Waals surface area contributed by atoms with Crippen molar-refractivity contribution in [2.45, 2.75) is 72.7 Å². The van der Waals surface area contributed by atoms with E-state index in [1.807, 2.05) is 0 Å². The first kappa shape index (κ1) is 30.2. The van der Waals surface area contributed by atoms with E-state index < -0.39 is 64.7 Å². The smallest absolute Gasteiger partial charge is 0.238 e. The third-order valence-corrected chi connectivity index (χ3v) is 9.52. The summed E-state index contributed by atoms with van der Waals surface area (Å²) in [6, 6.07) is 0.221. The van der Waals surface area contributed by atoms with E-state index in [-0.39, 0.29) is 43.2 Å². The predicted octanol–water partition coefficient (Wildman–Crippen LogP) is 0.998. The van der Waals surface area contributed by atoms with Crippen molar-refractivity contribution in [3.63, 3.8) is 0 Å². The van der Waals surface area contributed by atoms with Gasteiger partial charge in [0.05, 0.1) is 18.4 Å². The van der Waals surface area contributed by atoms with Crippen molar-refractivity contribution in [1.29, 1.82) is 0 Å². The molecule has 15 heteroatoms. The van der Waals surface area contributed by atoms with E-state index in [4.69, 9.17) is 9.47 Å². The standard InChI is InChI=1S/C26H33F3N4O7S/c27-15-10-14(11-16(28)19(15)29)17-12-33(31-30-17)20-21(35)18(13-34)40-25(22(20)36)41-23(26(38)4-8-39-9-5-26)24(37)32-6-2-1-3-7-32/h10-12,18,20-23,25,34-36,38H,1-9,13H2/t18-,20+,21+,22-,23-,25+/m1/s1. The summed E-state index contributed by atoms with van der Waals surface area (Å²) in [6.45, 7) is 0.955. The van der Waals surface area contributed by atoms with Gasteiger partial charge in [-0.3, -0.25) is 4.79 Å². The van der Waals surface area contributed by atoms with Crippen molar-refractivity contribution < 1.29 is 47.9 Å². The Bertz CT molecular complexity index is 1200. The average molecular weight is 603 g/mol. The number of aliphatic hydroxyl groups excluding tert-OH is 3. The number of carbonyl (C=O) groups is 1. The third-order valence-electron chi connectivity index (χ3n) is 7.95. The lowest BCUT2D eigenvalue weighted by Gasteiger charge is -2.46. The molecule has 11 nitrogen and oxygen atoms in total. The van der Waals surface area contributed by atoms with Crippen LogP contribution in [0.4, 0.5) is 13.2 Å². The van der Waals surface area contributed by atoms with Gasteiger partial charge in [0.2, 0.25) is 5.91 Å². The Kier molecular flexibility index (Phi) is 9.23. The van der Waals surface area contributed by atoms with E-state index in [9.17, 15) is 38.4 Å². The number of ether oxygens (including phenoxy) is 2. The van der Waals surface area contributed by atoms with Crippen LogP contribution < -0.4 is 0 Å². The lowest BCUT2D eigenvalue weighted by molar-refractivity contribution is -0.179. The highest BCUT2D eigenvalue weighted by Crippen LogP contribution is 2.42. The highest BCUT2D eigenvalue weighted by Gasteiger charge is 2.52. The first-order valence-corrected chi connectivity index (χ1v) is 14.5. The monoisotopic (exact) mass is 602 g/mol. The first-order chi connectivity index (χ1) is 19.6. The van der Waals surface area contributed by atoms with Crippen molar-refractivity contribution in [2.75, 3.05) is 32.9 Å². The topological polar surface area (TPSA) is 150 Å². The van der Waals surface area contributed by atoms with E-state index in [0.717, 1.165) is 47.8 Å². The number of carbonyl (C=O) groups excluding carboxylic acids is 1. The lowest BCUT2D eigenvalue weighted by Crippen LogP contribution is -2.59. The molecule has 0 aliphatic carbocycles. The fraction of sp³-hybridized carbons (Fsp3) is 0.654. The van der Waals surface area contributed by atoms with Crippen LogP contribution in [0.5, 0.6) is 0 Å². The zero-order chi connectivity index (χ0) is 29.3. The van der Waals surface area contributed by atoms with Gasteiger partial charge in [0.1, 0.15) is 40.7 Å². The lowest BCUT2D eigenvalue weighted by atomic mass is 9.89. The van der Waals surface area contributed by atoms with Crippen molar-refractivity contribution in [3.05, 3.63) is 35.8 Å². The van der Waals surface area contributed by atoms with Crippen molar-refractivity contribution in [3.8, 4) is 11.3 Å². The molecule has 2 aromatic rings. The second-order valence-corrected chi connectivity index (χ2v) is 11.9. The molecule has 226 valence electrons. The minimum absolute atomic E-state index is 0.0619. The Hall–Kier alpha value is -2.27. The maximum Gasteiger partial charge on any atom is 0.238 e. The molecular formula is C26H33F3N4O7S. The van der Waals surface area contributed by atoms with Crippen LogP contribution in [-0.2, 0) is 14.3 Å². The summed E-state index contributed by atoms with van der Waals surface area (Å²) in [5.74, 6) is -4.77. The molecule has 4 N–H and O–H groups in total. The van der Waals surface area contributed by atoms with E-state index in [0.29, 0.717) is 13.1 Å². The summed E-state index contributed by atoms with van der Waals surface area (Å²) >= 11 is 0.916. The number of aliphatic hydroxyl groups is 4. The minimum atomic E-state index is -1.64. The Morgan fingerprint density at radius 2 is 1.76 bits per heavy atom. The van der Waals surface area contributed by atoms with Gasteiger partial charge in [-0.05, 0) is 31.4 Å². The van der Waals surface area contributed by atoms with Gasteiger partial charge in [-0.2, -0.15) is 0 Å². The van der Waals surface area contributed by atoms with Crippen LogP contribution in [-0.4, -0.2) is 114 Å². The Balaban J connectivity index is 1.43. The number of hydrogen-bond donors (Lipinski definition) is 4. The maximum absolute atomic E-state index is 13.8. The van der Waals surface area contributed by atoms with Crippen LogP contribution in [0.1, 0.15) is 38.1 Å². The normalized spacial score (nSPS) is 29.3. The summed E-state index contributed by atoms with van der Waals surface area (Å²) in [4.78, 5) is 15.4. The molecule has 0 radical (unpaired) electrons. The highest BCUT2D eigenvalue weighted by molar-refractivity contribution is 8.01. The third kappa shape index (κ3) is 6.12. The van der Waals surface area contributed by atoms with Gasteiger partial charge >= 0.3 is 0 Å². The Labute approximate surface area is 238 Å². The number of amides is 1. The summed E-state index contributed by atoms with van der Waals surface area (Å²) < 4.78 is 53.4. The summed E-state index contributed by atoms with van der Waals surface area (Å²) in [5, 5.41) is 50.7. The molecule has 3 fully saturated rings. The summed E-state index contributed by atoms with van der Waals surface area (Å²) in [6.07, 6.45) is 0.0600. The zero-order valence-corrected chi connectivity index (χ0v) is 22.9. The molecule has 3 saturated heterocycles. The number of benzene rings is 1. The van der Waals surface area contributed by atoms with E-state index >= 15 is 0 Å². The van der Waals surface area contributed by atoms with Gasteiger partial charge in [0.15, 0.2) is 17.5 Å². The maximum atomic E-state index is 13.8. The molecular weight excluding hydrogens is 569 g/mol. The summed E-state index contributed by atoms with van der Waals surface area (Å²) in [5.41, 5.74) is -2.83. The van der Waals surface area contributed by atoms with Crippen molar-refractivity contribution >= 4 is 17.7 Å². The van der Waals surface area contributed by atoms with Crippen molar-refractivity contribution in [1.82, 2.24) is 19.9 Å². The number of likely N-dealkylation sites (tertiary alicyclic amines) is 1. The molecule has 0 spiro atoms. The van der Waals surface area contributed by atoms with Gasteiger partial charge in [0, 0.05) is 44.7 Å². The van der Waals surface area contributed by atoms with E-state index in [1.165, 1.54) is 6.20 Å². The molecule has 1 aromatic carbocycles. The Morgan fingerprint density at radius 1 is 1.10 bits per heavy atom. The number of piperidine rings is 1. The molecule has 3 aliphatic heterocycles. The minimum Gasteiger partial charge on any atom is -0.394 e. The molecule has 6 atom stereocenters. The molecule has 1 aromatic heterocycles. The molecule has 0 saturated carbocycles. The van der Waals surface area contributed by atoms with Gasteiger partial charge in [-0.1, -0.05) is 5.21 Å². The van der Waals surface area contributed by atoms with Crippen LogP contribution in [0.25, 0.3) is 11.3 Å². The number of nitrogens with zero attached hydrogens (tertiary/aromatic N) is 4. The molecule has 3 aliphatic rings. The van der Waals surface area contributed by atoms with Crippen LogP contribution in [0.3, 0.4) is 0 Å². The number of rotatable bonds is 7. The number of hydrogen-bond acceptors (Lipinski definition) is 10. The number of thioether (sulfide) groups is 1. The SMILES string of the molecule is O=C([C@@H](S[C@@H]1O[C@H](CO)[C@H](O)[C@H](n2cc(-c3cc(F)c(F)c(F)c3)nn2)[C@H]1O)C1(O)CCOCC1)N1CCCCC1. The highest BCUT2D eigenvalue weighted by atomic mass is 32.2. The van der Waals surface area contributed by atoms with Crippen LogP contribution in [0.15, 0.2) is 18.3 Å². The quantitative estimate of drug-likeness (QED) is 0.338. The first-order valence-electron chi connectivity index (χ1n) is 13.6. The molecule has 0 bridgehead atoms. The van der Waals surface area contributed by atoms with Gasteiger partial charge < -0.3 is 34.8 Å². The molecule has 41 heavy (non-hydrogen) atoms. The Morgan fingerprint density at radius 3 is 2.39 bits per heavy atom. The average Bonchev–Trinajstić information content (AvgIpc) is 3.45. The predicted molar refractivity (Wildman–Crippen MR) is 139 cm³/mol. The molecule has 4 heterocycles. The van der Waals surface area contributed by atoms with Crippen LogP contribution in [0, 0.1) is 17.5 Å². The molecule has 0 unspecified atom stereocenters. The van der Waals surface area contributed by atoms with E-state index in [1.54, 1.807) is 4.90 Å². The largest absolute Gasteiger partial charge is 0.394 e. The van der Waals surface area contributed by atoms with Gasteiger partial charge in [0.25, 0.3) is 0 Å². The van der Waals surface area contributed by atoms with Crippen LogP contribution >= 0.6 is 11.8 Å². The van der Waals surface area contributed by atoms with Crippen LogP contribution in [0.2, 0.25) is 0 Å². The van der Waals surface area contributed by atoms with Crippen molar-refractivity contribution in [2.24, 2.45) is 0 Å². The van der Waals surface area contributed by atoms with Gasteiger partial charge in [-0.15, -0.1) is 16.9 Å². The summed E-state index contributed by atoms with van der Waals surface area (Å²) in [7, 11) is 0. The fourth-order valence-corrected chi connectivity index (χ4v) is 7.12. The molecule has 5 rings (SSSR count). The fourth-order valence-electron chi connectivity index (χ4n) is 5.57. The number of halogens is 3. The second kappa shape index (κ2) is 12.5.